The zero-order valence-electron chi connectivity index (χ0n) is 9.45. The summed E-state index contributed by atoms with van der Waals surface area (Å²) in [6.45, 7) is 6.59. The molecule has 0 bridgehead atoms. The van der Waals surface area contributed by atoms with E-state index in [1.54, 1.807) is 24.3 Å². The van der Waals surface area contributed by atoms with Crippen LogP contribution in [0.3, 0.4) is 0 Å². The number of esters is 1. The molecule has 0 heterocycles. The molecule has 1 aromatic carbocycles. The Kier molecular flexibility index (Phi) is 4.00. The van der Waals surface area contributed by atoms with Gasteiger partial charge in [-0.05, 0) is 18.6 Å². The topological polar surface area (TPSA) is 43.4 Å². The van der Waals surface area contributed by atoms with Crippen molar-refractivity contribution in [1.29, 1.82) is 0 Å². The Bertz CT molecular complexity index is 433. The Hall–Kier alpha value is -1.90. The summed E-state index contributed by atoms with van der Waals surface area (Å²) in [7, 11) is 0. The minimum Gasteiger partial charge on any atom is -0.461 e. The average molecular weight is 218 g/mol. The molecular weight excluding hydrogens is 204 g/mol. The van der Waals surface area contributed by atoms with Crippen LogP contribution in [0.15, 0.2) is 24.8 Å². The van der Waals surface area contributed by atoms with Crippen LogP contribution in [0.25, 0.3) is 6.08 Å². The number of Topliss-reactive ketones (excluding diaryl/α,β-unsaturated/α-hetero) is 1. The lowest BCUT2D eigenvalue weighted by atomic mass is 10.0. The number of hydrogen-bond acceptors (Lipinski definition) is 3. The van der Waals surface area contributed by atoms with Gasteiger partial charge < -0.3 is 4.74 Å². The van der Waals surface area contributed by atoms with Gasteiger partial charge in [-0.3, -0.25) is 9.59 Å². The lowest BCUT2D eigenvalue weighted by molar-refractivity contribution is -0.142. The number of ketones is 1. The summed E-state index contributed by atoms with van der Waals surface area (Å²) in [6, 6.07) is 5.33. The second-order valence-corrected chi connectivity index (χ2v) is 3.46. The first kappa shape index (κ1) is 12.2. The number of carbonyl (C=O) groups excluding carboxylic acids is 2. The normalized spacial score (nSPS) is 9.62. The van der Waals surface area contributed by atoms with E-state index in [4.69, 9.17) is 4.74 Å². The Labute approximate surface area is 94.7 Å². The van der Waals surface area contributed by atoms with Gasteiger partial charge in [-0.25, -0.2) is 0 Å². The van der Waals surface area contributed by atoms with E-state index in [0.717, 1.165) is 5.56 Å². The molecule has 0 aliphatic heterocycles. The van der Waals surface area contributed by atoms with Crippen molar-refractivity contribution >= 4 is 17.8 Å². The van der Waals surface area contributed by atoms with E-state index in [2.05, 4.69) is 6.58 Å². The van der Waals surface area contributed by atoms with Crippen LogP contribution in [0, 0.1) is 0 Å². The molecular formula is C13H14O3. The fourth-order valence-corrected chi connectivity index (χ4v) is 1.38. The molecule has 1 rings (SSSR count). The van der Waals surface area contributed by atoms with Gasteiger partial charge in [-0.1, -0.05) is 24.8 Å². The number of carbonyl (C=O) groups is 2. The van der Waals surface area contributed by atoms with Gasteiger partial charge in [0.2, 0.25) is 0 Å². The summed E-state index contributed by atoms with van der Waals surface area (Å²) in [6.07, 6.45) is 1.68. The van der Waals surface area contributed by atoms with E-state index in [1.165, 1.54) is 13.8 Å². The Morgan fingerprint density at radius 1 is 1.38 bits per heavy atom. The third-order valence-corrected chi connectivity index (χ3v) is 2.18. The maximum absolute atomic E-state index is 11.3. The summed E-state index contributed by atoms with van der Waals surface area (Å²) < 4.78 is 4.89. The van der Waals surface area contributed by atoms with Crippen LogP contribution in [-0.2, 0) is 16.1 Å². The van der Waals surface area contributed by atoms with E-state index in [0.29, 0.717) is 11.1 Å². The van der Waals surface area contributed by atoms with Crippen molar-refractivity contribution in [3.63, 3.8) is 0 Å². The molecule has 0 spiro atoms. The zero-order chi connectivity index (χ0) is 12.1. The fraction of sp³-hybridized carbons (Fsp3) is 0.231. The van der Waals surface area contributed by atoms with Crippen molar-refractivity contribution in [2.45, 2.75) is 20.5 Å². The molecule has 3 nitrogen and oxygen atoms in total. The maximum Gasteiger partial charge on any atom is 0.302 e. The van der Waals surface area contributed by atoms with E-state index in [9.17, 15) is 9.59 Å². The number of rotatable bonds is 4. The van der Waals surface area contributed by atoms with E-state index < -0.39 is 0 Å². The number of benzene rings is 1. The molecule has 3 heteroatoms. The summed E-state index contributed by atoms with van der Waals surface area (Å²) in [5.74, 6) is -0.406. The van der Waals surface area contributed by atoms with Gasteiger partial charge in [0.1, 0.15) is 6.61 Å². The van der Waals surface area contributed by atoms with Crippen molar-refractivity contribution in [3.8, 4) is 0 Å². The highest BCUT2D eigenvalue weighted by molar-refractivity contribution is 5.95. The molecule has 0 aliphatic carbocycles. The predicted molar refractivity (Wildman–Crippen MR) is 62.0 cm³/mol. The Morgan fingerprint density at radius 3 is 2.56 bits per heavy atom. The Morgan fingerprint density at radius 2 is 2.06 bits per heavy atom. The number of ether oxygens (including phenoxy) is 1. The van der Waals surface area contributed by atoms with E-state index in [1.807, 2.05) is 0 Å². The van der Waals surface area contributed by atoms with Crippen LogP contribution in [0.5, 0.6) is 0 Å². The molecule has 0 aliphatic rings. The van der Waals surface area contributed by atoms with Crippen molar-refractivity contribution in [2.24, 2.45) is 0 Å². The van der Waals surface area contributed by atoms with Gasteiger partial charge in [0.25, 0.3) is 0 Å². The molecule has 84 valence electrons. The number of hydrogen-bond donors (Lipinski definition) is 0. The summed E-state index contributed by atoms with van der Waals surface area (Å²) in [5.41, 5.74) is 2.18. The maximum atomic E-state index is 11.3. The highest BCUT2D eigenvalue weighted by Gasteiger charge is 2.08. The second kappa shape index (κ2) is 5.26. The molecule has 0 N–H and O–H groups in total. The largest absolute Gasteiger partial charge is 0.461 e. The third-order valence-electron chi connectivity index (χ3n) is 2.18. The molecule has 0 unspecified atom stereocenters. The average Bonchev–Trinajstić information content (AvgIpc) is 2.25. The quantitative estimate of drug-likeness (QED) is 0.576. The van der Waals surface area contributed by atoms with Gasteiger partial charge in [0.15, 0.2) is 5.78 Å². The van der Waals surface area contributed by atoms with Crippen LogP contribution >= 0.6 is 0 Å². The predicted octanol–water partition coefficient (Wildman–Crippen LogP) is 2.60. The first-order valence-corrected chi connectivity index (χ1v) is 4.94. The van der Waals surface area contributed by atoms with Crippen LogP contribution < -0.4 is 0 Å². The minimum atomic E-state index is -0.362. The lowest BCUT2D eigenvalue weighted by Gasteiger charge is -2.08. The highest BCUT2D eigenvalue weighted by atomic mass is 16.5. The van der Waals surface area contributed by atoms with Crippen LogP contribution in [0.2, 0.25) is 0 Å². The fourth-order valence-electron chi connectivity index (χ4n) is 1.38. The molecule has 0 amide bonds. The highest BCUT2D eigenvalue weighted by Crippen LogP contribution is 2.15. The lowest BCUT2D eigenvalue weighted by Crippen LogP contribution is -2.05. The SMILES string of the molecule is C=Cc1ccc(C(C)=O)c(COC(C)=O)c1. The molecule has 0 radical (unpaired) electrons. The molecule has 0 fully saturated rings. The third kappa shape index (κ3) is 3.05. The van der Waals surface area contributed by atoms with Crippen LogP contribution in [0.4, 0.5) is 0 Å². The van der Waals surface area contributed by atoms with Gasteiger partial charge in [-0.2, -0.15) is 0 Å². The van der Waals surface area contributed by atoms with Gasteiger partial charge >= 0.3 is 5.97 Å². The zero-order valence-corrected chi connectivity index (χ0v) is 9.45. The molecule has 1 aromatic rings. The van der Waals surface area contributed by atoms with E-state index in [-0.39, 0.29) is 18.4 Å². The standard InChI is InChI=1S/C13H14O3/c1-4-11-5-6-13(9(2)14)12(7-11)8-16-10(3)15/h4-7H,1,8H2,2-3H3. The van der Waals surface area contributed by atoms with Gasteiger partial charge in [0, 0.05) is 18.1 Å². The van der Waals surface area contributed by atoms with Crippen molar-refractivity contribution in [3.05, 3.63) is 41.5 Å². The monoisotopic (exact) mass is 218 g/mol. The van der Waals surface area contributed by atoms with Crippen LogP contribution in [0.1, 0.15) is 35.3 Å². The van der Waals surface area contributed by atoms with Crippen molar-refractivity contribution < 1.29 is 14.3 Å². The first-order chi connectivity index (χ1) is 7.54. The minimum absolute atomic E-state index is 0.0437. The van der Waals surface area contributed by atoms with Crippen molar-refractivity contribution in [2.75, 3.05) is 0 Å². The van der Waals surface area contributed by atoms with Crippen LogP contribution in [-0.4, -0.2) is 11.8 Å². The molecule has 0 atom stereocenters. The molecule has 0 aromatic heterocycles. The second-order valence-electron chi connectivity index (χ2n) is 3.46. The summed E-state index contributed by atoms with van der Waals surface area (Å²) in [5, 5.41) is 0. The molecule has 16 heavy (non-hydrogen) atoms. The smallest absolute Gasteiger partial charge is 0.302 e. The first-order valence-electron chi connectivity index (χ1n) is 4.94. The summed E-state index contributed by atoms with van der Waals surface area (Å²) in [4.78, 5) is 22.1. The van der Waals surface area contributed by atoms with Gasteiger partial charge in [-0.15, -0.1) is 0 Å². The molecule has 0 saturated carbocycles. The van der Waals surface area contributed by atoms with Gasteiger partial charge in [0.05, 0.1) is 0 Å². The summed E-state index contributed by atoms with van der Waals surface area (Å²) >= 11 is 0. The molecule has 0 saturated heterocycles. The van der Waals surface area contributed by atoms with Crippen molar-refractivity contribution in [1.82, 2.24) is 0 Å². The Balaban J connectivity index is 3.04. The van der Waals surface area contributed by atoms with E-state index >= 15 is 0 Å².